The molecular formula is C17H21NO2. The number of carbonyl (C=O) groups is 1. The molecule has 1 atom stereocenters. The summed E-state index contributed by atoms with van der Waals surface area (Å²) in [7, 11) is 1.62. The van der Waals surface area contributed by atoms with Gasteiger partial charge in [-0.1, -0.05) is 31.5 Å². The first-order valence-electron chi connectivity index (χ1n) is 6.94. The third-order valence-electron chi connectivity index (χ3n) is 4.37. The number of aryl methyl sites for hydroxylation is 1. The van der Waals surface area contributed by atoms with Crippen LogP contribution >= 0.6 is 0 Å². The number of hydrogen-bond donors (Lipinski definition) is 0. The topological polar surface area (TPSA) is 50.1 Å². The largest absolute Gasteiger partial charge is 0.496 e. The van der Waals surface area contributed by atoms with E-state index in [1.807, 2.05) is 39.0 Å². The number of methoxy groups -OCH3 is 1. The van der Waals surface area contributed by atoms with Crippen molar-refractivity contribution in [1.29, 1.82) is 5.26 Å². The van der Waals surface area contributed by atoms with Crippen LogP contribution in [0.4, 0.5) is 0 Å². The molecule has 0 amide bonds. The molecule has 1 aliphatic carbocycles. The average molecular weight is 271 g/mol. The zero-order valence-corrected chi connectivity index (χ0v) is 12.6. The second-order valence-electron chi connectivity index (χ2n) is 6.40. The van der Waals surface area contributed by atoms with E-state index in [1.165, 1.54) is 0 Å². The molecular weight excluding hydrogens is 250 g/mol. The van der Waals surface area contributed by atoms with Crippen LogP contribution in [0.3, 0.4) is 0 Å². The number of rotatable bonds is 3. The second-order valence-corrected chi connectivity index (χ2v) is 6.40. The summed E-state index contributed by atoms with van der Waals surface area (Å²) < 4.78 is 5.37. The normalized spacial score (nSPS) is 24.4. The Kier molecular flexibility index (Phi) is 3.60. The minimum absolute atomic E-state index is 0.0658. The van der Waals surface area contributed by atoms with E-state index >= 15 is 0 Å². The van der Waals surface area contributed by atoms with Gasteiger partial charge in [0.25, 0.3) is 0 Å². The molecule has 3 nitrogen and oxygen atoms in total. The Morgan fingerprint density at radius 3 is 2.55 bits per heavy atom. The van der Waals surface area contributed by atoms with Crippen molar-refractivity contribution in [1.82, 2.24) is 0 Å². The maximum atomic E-state index is 12.6. The quantitative estimate of drug-likeness (QED) is 0.846. The average Bonchev–Trinajstić information content (AvgIpc) is 2.64. The summed E-state index contributed by atoms with van der Waals surface area (Å²) in [6.45, 7) is 5.87. The Morgan fingerprint density at radius 2 is 2.05 bits per heavy atom. The van der Waals surface area contributed by atoms with Crippen LogP contribution in [0.2, 0.25) is 0 Å². The SMILES string of the molecule is COc1ccc(C)cc1CC1(C#N)CCC(C)(C)C1=O. The maximum absolute atomic E-state index is 12.6. The molecule has 1 fully saturated rings. The van der Waals surface area contributed by atoms with Crippen LogP contribution < -0.4 is 4.74 Å². The van der Waals surface area contributed by atoms with Gasteiger partial charge in [-0.2, -0.15) is 5.26 Å². The number of nitriles is 1. The molecule has 3 heteroatoms. The minimum atomic E-state index is -0.898. The molecule has 0 radical (unpaired) electrons. The highest BCUT2D eigenvalue weighted by atomic mass is 16.5. The van der Waals surface area contributed by atoms with Gasteiger partial charge >= 0.3 is 0 Å². The van der Waals surface area contributed by atoms with Gasteiger partial charge < -0.3 is 4.74 Å². The molecule has 0 aliphatic heterocycles. The third kappa shape index (κ3) is 2.31. The standard InChI is InChI=1S/C17H21NO2/c1-12-5-6-14(20-4)13(9-12)10-17(11-18)8-7-16(2,3)15(17)19/h5-6,9H,7-8,10H2,1-4H3. The van der Waals surface area contributed by atoms with E-state index in [-0.39, 0.29) is 5.78 Å². The Morgan fingerprint density at radius 1 is 1.35 bits per heavy atom. The van der Waals surface area contributed by atoms with Crippen molar-refractivity contribution in [2.24, 2.45) is 10.8 Å². The lowest BCUT2D eigenvalue weighted by Gasteiger charge is -2.23. The molecule has 1 aliphatic rings. The van der Waals surface area contributed by atoms with Crippen molar-refractivity contribution >= 4 is 5.78 Å². The summed E-state index contributed by atoms with van der Waals surface area (Å²) in [5.74, 6) is 0.818. The van der Waals surface area contributed by atoms with Crippen LogP contribution in [0.5, 0.6) is 5.75 Å². The van der Waals surface area contributed by atoms with Gasteiger partial charge in [0.2, 0.25) is 0 Å². The van der Waals surface area contributed by atoms with E-state index in [0.717, 1.165) is 23.3 Å². The van der Waals surface area contributed by atoms with E-state index < -0.39 is 10.8 Å². The fourth-order valence-electron chi connectivity index (χ4n) is 3.09. The Hall–Kier alpha value is -1.82. The number of Topliss-reactive ketones (excluding diaryl/α,β-unsaturated/α-hetero) is 1. The van der Waals surface area contributed by atoms with E-state index in [9.17, 15) is 10.1 Å². The second kappa shape index (κ2) is 4.94. The molecule has 0 aromatic heterocycles. The maximum Gasteiger partial charge on any atom is 0.158 e. The molecule has 2 rings (SSSR count). The summed E-state index contributed by atoms with van der Waals surface area (Å²) >= 11 is 0. The molecule has 0 N–H and O–H groups in total. The van der Waals surface area contributed by atoms with Gasteiger partial charge in [0.15, 0.2) is 5.78 Å². The lowest BCUT2D eigenvalue weighted by Crippen LogP contribution is -2.33. The van der Waals surface area contributed by atoms with Gasteiger partial charge in [-0.3, -0.25) is 4.79 Å². The molecule has 1 aromatic carbocycles. The lowest BCUT2D eigenvalue weighted by atomic mass is 9.76. The molecule has 0 bridgehead atoms. The minimum Gasteiger partial charge on any atom is -0.496 e. The van der Waals surface area contributed by atoms with Gasteiger partial charge in [-0.15, -0.1) is 0 Å². The van der Waals surface area contributed by atoms with E-state index in [2.05, 4.69) is 6.07 Å². The molecule has 1 unspecified atom stereocenters. The number of carbonyl (C=O) groups excluding carboxylic acids is 1. The van der Waals surface area contributed by atoms with Crippen LogP contribution in [0, 0.1) is 29.1 Å². The smallest absolute Gasteiger partial charge is 0.158 e. The monoisotopic (exact) mass is 271 g/mol. The number of ether oxygens (including phenoxy) is 1. The summed E-state index contributed by atoms with van der Waals surface area (Å²) in [5, 5.41) is 9.60. The number of ketones is 1. The summed E-state index contributed by atoms with van der Waals surface area (Å²) in [5.41, 5.74) is 0.760. The fourth-order valence-corrected chi connectivity index (χ4v) is 3.09. The fraction of sp³-hybridized carbons (Fsp3) is 0.529. The van der Waals surface area contributed by atoms with Crippen molar-refractivity contribution in [3.8, 4) is 11.8 Å². The van der Waals surface area contributed by atoms with E-state index in [4.69, 9.17) is 4.74 Å². The van der Waals surface area contributed by atoms with Gasteiger partial charge in [-0.25, -0.2) is 0 Å². The summed E-state index contributed by atoms with van der Waals surface area (Å²) in [4.78, 5) is 12.6. The Labute approximate surface area is 120 Å². The first-order chi connectivity index (χ1) is 9.34. The highest BCUT2D eigenvalue weighted by Gasteiger charge is 2.52. The van der Waals surface area contributed by atoms with Gasteiger partial charge in [0.1, 0.15) is 11.2 Å². The number of benzene rings is 1. The lowest BCUT2D eigenvalue weighted by molar-refractivity contribution is -0.130. The molecule has 20 heavy (non-hydrogen) atoms. The van der Waals surface area contributed by atoms with Crippen LogP contribution in [0.25, 0.3) is 0 Å². The first-order valence-corrected chi connectivity index (χ1v) is 6.94. The van der Waals surface area contributed by atoms with Crippen LogP contribution in [0.1, 0.15) is 37.8 Å². The zero-order valence-electron chi connectivity index (χ0n) is 12.6. The van der Waals surface area contributed by atoms with Crippen LogP contribution in [-0.4, -0.2) is 12.9 Å². The molecule has 0 saturated heterocycles. The number of nitrogens with zero attached hydrogens (tertiary/aromatic N) is 1. The molecule has 1 saturated carbocycles. The Bertz CT molecular complexity index is 583. The summed E-state index contributed by atoms with van der Waals surface area (Å²) in [6.07, 6.45) is 1.84. The van der Waals surface area contributed by atoms with E-state index in [0.29, 0.717) is 12.8 Å². The highest BCUT2D eigenvalue weighted by molar-refractivity contribution is 5.94. The summed E-state index contributed by atoms with van der Waals surface area (Å²) in [6, 6.07) is 8.18. The molecule has 0 heterocycles. The van der Waals surface area contributed by atoms with Crippen LogP contribution in [0.15, 0.2) is 18.2 Å². The van der Waals surface area contributed by atoms with Crippen molar-refractivity contribution in [2.75, 3.05) is 7.11 Å². The Balaban J connectivity index is 2.40. The van der Waals surface area contributed by atoms with Crippen molar-refractivity contribution in [3.05, 3.63) is 29.3 Å². The first kappa shape index (κ1) is 14.6. The van der Waals surface area contributed by atoms with Crippen molar-refractivity contribution < 1.29 is 9.53 Å². The van der Waals surface area contributed by atoms with E-state index in [1.54, 1.807) is 7.11 Å². The van der Waals surface area contributed by atoms with Gasteiger partial charge in [-0.05, 0) is 31.4 Å². The van der Waals surface area contributed by atoms with Crippen LogP contribution in [-0.2, 0) is 11.2 Å². The van der Waals surface area contributed by atoms with Crippen molar-refractivity contribution in [3.63, 3.8) is 0 Å². The predicted octanol–water partition coefficient (Wildman–Crippen LogP) is 3.45. The molecule has 1 aromatic rings. The predicted molar refractivity (Wildman–Crippen MR) is 77.5 cm³/mol. The zero-order chi connectivity index (χ0) is 15.0. The third-order valence-corrected chi connectivity index (χ3v) is 4.37. The molecule has 0 spiro atoms. The van der Waals surface area contributed by atoms with Crippen molar-refractivity contribution in [2.45, 2.75) is 40.0 Å². The highest BCUT2D eigenvalue weighted by Crippen LogP contribution is 2.48. The van der Waals surface area contributed by atoms with Gasteiger partial charge in [0.05, 0.1) is 13.2 Å². The van der Waals surface area contributed by atoms with Gasteiger partial charge in [0, 0.05) is 11.8 Å². The number of hydrogen-bond acceptors (Lipinski definition) is 3. The molecule has 106 valence electrons.